The van der Waals surface area contributed by atoms with E-state index in [0.29, 0.717) is 10.6 Å². The number of carbonyl (C=O) groups is 1. The summed E-state index contributed by atoms with van der Waals surface area (Å²) in [6, 6.07) is 0. The quantitative estimate of drug-likeness (QED) is 0.773. The van der Waals surface area contributed by atoms with E-state index >= 15 is 0 Å². The fourth-order valence-corrected chi connectivity index (χ4v) is 1.63. The Kier molecular flexibility index (Phi) is 1.83. The molecule has 1 heterocycles. The third kappa shape index (κ3) is 1.70. The highest BCUT2D eigenvalue weighted by atomic mass is 32.1. The molecule has 1 fully saturated rings. The number of nitrogens with zero attached hydrogens (tertiary/aromatic N) is 2. The first-order chi connectivity index (χ1) is 6.11. The molecular formula is C8H11N3OS. The minimum Gasteiger partial charge on any atom is -0.346 e. The number of hydrogen-bond acceptors (Lipinski definition) is 4. The lowest BCUT2D eigenvalue weighted by Gasteiger charge is -2.09. The van der Waals surface area contributed by atoms with Crippen molar-refractivity contribution < 1.29 is 4.79 Å². The Morgan fingerprint density at radius 2 is 2.31 bits per heavy atom. The minimum atomic E-state index is -0.0347. The molecule has 1 aliphatic rings. The molecule has 1 aliphatic carbocycles. The lowest BCUT2D eigenvalue weighted by Crippen LogP contribution is -2.34. The van der Waals surface area contributed by atoms with Crippen molar-refractivity contribution in [1.82, 2.24) is 14.9 Å². The zero-order valence-corrected chi connectivity index (χ0v) is 8.44. The van der Waals surface area contributed by atoms with Gasteiger partial charge in [0.25, 0.3) is 5.91 Å². The van der Waals surface area contributed by atoms with Crippen molar-refractivity contribution in [3.8, 4) is 0 Å². The van der Waals surface area contributed by atoms with Gasteiger partial charge < -0.3 is 5.32 Å². The third-order valence-electron chi connectivity index (χ3n) is 2.27. The summed E-state index contributed by atoms with van der Waals surface area (Å²) in [6.07, 6.45) is 2.15. The van der Waals surface area contributed by atoms with Gasteiger partial charge in [0.2, 0.25) is 0 Å². The molecule has 0 radical (unpaired) electrons. The molecule has 2 rings (SSSR count). The van der Waals surface area contributed by atoms with Crippen LogP contribution in [0.4, 0.5) is 0 Å². The second-order valence-electron chi connectivity index (χ2n) is 3.70. The summed E-state index contributed by atoms with van der Waals surface area (Å²) in [5.41, 5.74) is 0.750. The molecule has 0 saturated heterocycles. The maximum Gasteiger partial charge on any atom is 0.265 e. The average molecular weight is 197 g/mol. The fraction of sp³-hybridized carbons (Fsp3) is 0.625. The largest absolute Gasteiger partial charge is 0.346 e. The molecular weight excluding hydrogens is 186 g/mol. The van der Waals surface area contributed by atoms with E-state index in [2.05, 4.69) is 21.8 Å². The Morgan fingerprint density at radius 1 is 1.62 bits per heavy atom. The lowest BCUT2D eigenvalue weighted by molar-refractivity contribution is 0.0939. The maximum absolute atomic E-state index is 11.6. The highest BCUT2D eigenvalue weighted by Crippen LogP contribution is 2.34. The SMILES string of the molecule is Cc1nnsc1C(=O)NC1(C)CC1. The Hall–Kier alpha value is -0.970. The molecule has 1 amide bonds. The van der Waals surface area contributed by atoms with Crippen LogP contribution < -0.4 is 5.32 Å². The van der Waals surface area contributed by atoms with Crippen LogP contribution >= 0.6 is 11.5 Å². The fourth-order valence-electron chi connectivity index (χ4n) is 1.08. The van der Waals surface area contributed by atoms with Gasteiger partial charge in [-0.1, -0.05) is 4.49 Å². The Bertz CT molecular complexity index is 343. The summed E-state index contributed by atoms with van der Waals surface area (Å²) in [4.78, 5) is 12.2. The summed E-state index contributed by atoms with van der Waals surface area (Å²) in [6.45, 7) is 3.85. The van der Waals surface area contributed by atoms with Crippen LogP contribution in [-0.4, -0.2) is 21.0 Å². The predicted octanol–water partition coefficient (Wildman–Crippen LogP) is 1.13. The normalized spacial score (nSPS) is 18.3. The van der Waals surface area contributed by atoms with E-state index in [-0.39, 0.29) is 11.4 Å². The van der Waals surface area contributed by atoms with Crippen molar-refractivity contribution in [3.63, 3.8) is 0 Å². The van der Waals surface area contributed by atoms with Crippen molar-refractivity contribution >= 4 is 17.4 Å². The Balaban J connectivity index is 2.09. The van der Waals surface area contributed by atoms with Crippen LogP contribution in [0.25, 0.3) is 0 Å². The first-order valence-corrected chi connectivity index (χ1v) is 4.99. The first kappa shape index (κ1) is 8.62. The van der Waals surface area contributed by atoms with E-state index in [1.54, 1.807) is 6.92 Å². The molecule has 1 saturated carbocycles. The zero-order valence-electron chi connectivity index (χ0n) is 7.63. The van der Waals surface area contributed by atoms with E-state index < -0.39 is 0 Å². The molecule has 0 atom stereocenters. The summed E-state index contributed by atoms with van der Waals surface area (Å²) in [7, 11) is 0. The average Bonchev–Trinajstić information content (AvgIpc) is 2.63. The van der Waals surface area contributed by atoms with Crippen molar-refractivity contribution in [2.24, 2.45) is 0 Å². The van der Waals surface area contributed by atoms with Crippen molar-refractivity contribution in [2.75, 3.05) is 0 Å². The van der Waals surface area contributed by atoms with Gasteiger partial charge in [-0.15, -0.1) is 5.10 Å². The Labute approximate surface area is 80.5 Å². The van der Waals surface area contributed by atoms with Crippen LogP contribution in [0.5, 0.6) is 0 Å². The van der Waals surface area contributed by atoms with Crippen LogP contribution in [0.1, 0.15) is 35.1 Å². The van der Waals surface area contributed by atoms with Gasteiger partial charge in [0.05, 0.1) is 5.69 Å². The van der Waals surface area contributed by atoms with E-state index in [9.17, 15) is 4.79 Å². The molecule has 70 valence electrons. The smallest absolute Gasteiger partial charge is 0.265 e. The second-order valence-corrected chi connectivity index (χ2v) is 4.46. The number of aromatic nitrogens is 2. The molecule has 4 nitrogen and oxygen atoms in total. The van der Waals surface area contributed by atoms with Gasteiger partial charge in [-0.05, 0) is 38.2 Å². The number of aryl methyl sites for hydroxylation is 1. The third-order valence-corrected chi connectivity index (χ3v) is 3.10. The summed E-state index contributed by atoms with van der Waals surface area (Å²) in [5, 5.41) is 6.76. The summed E-state index contributed by atoms with van der Waals surface area (Å²) >= 11 is 1.15. The number of rotatable bonds is 2. The number of nitrogens with one attached hydrogen (secondary N) is 1. The van der Waals surface area contributed by atoms with Gasteiger partial charge in [0.1, 0.15) is 4.88 Å². The van der Waals surface area contributed by atoms with Crippen molar-refractivity contribution in [1.29, 1.82) is 0 Å². The summed E-state index contributed by atoms with van der Waals surface area (Å²) in [5.74, 6) is -0.0347. The van der Waals surface area contributed by atoms with Crippen LogP contribution in [0.15, 0.2) is 0 Å². The second kappa shape index (κ2) is 2.77. The topological polar surface area (TPSA) is 54.9 Å². The van der Waals surface area contributed by atoms with Gasteiger partial charge in [0, 0.05) is 5.54 Å². The standard InChI is InChI=1S/C8H11N3OS/c1-5-6(13-11-10-5)7(12)9-8(2)3-4-8/h3-4H2,1-2H3,(H,9,12). The van der Waals surface area contributed by atoms with E-state index in [1.807, 2.05) is 0 Å². The molecule has 0 bridgehead atoms. The highest BCUT2D eigenvalue weighted by molar-refractivity contribution is 7.08. The Morgan fingerprint density at radius 3 is 2.77 bits per heavy atom. The maximum atomic E-state index is 11.6. The molecule has 0 aromatic carbocycles. The van der Waals surface area contributed by atoms with E-state index in [1.165, 1.54) is 0 Å². The molecule has 0 spiro atoms. The van der Waals surface area contributed by atoms with Gasteiger partial charge in [-0.3, -0.25) is 4.79 Å². The monoisotopic (exact) mass is 197 g/mol. The zero-order chi connectivity index (χ0) is 9.47. The first-order valence-electron chi connectivity index (χ1n) is 4.22. The number of carbonyl (C=O) groups excluding carboxylic acids is 1. The molecule has 0 aliphatic heterocycles. The molecule has 1 N–H and O–H groups in total. The molecule has 1 aromatic heterocycles. The summed E-state index contributed by atoms with van der Waals surface area (Å²) < 4.78 is 3.72. The van der Waals surface area contributed by atoms with Gasteiger partial charge >= 0.3 is 0 Å². The highest BCUT2D eigenvalue weighted by Gasteiger charge is 2.39. The molecule has 13 heavy (non-hydrogen) atoms. The van der Waals surface area contributed by atoms with Crippen LogP contribution in [0.2, 0.25) is 0 Å². The van der Waals surface area contributed by atoms with Crippen LogP contribution in [-0.2, 0) is 0 Å². The lowest BCUT2D eigenvalue weighted by atomic mass is 10.3. The molecule has 0 unspecified atom stereocenters. The predicted molar refractivity (Wildman–Crippen MR) is 49.8 cm³/mol. The minimum absolute atomic E-state index is 0.0347. The number of amides is 1. The van der Waals surface area contributed by atoms with E-state index in [0.717, 1.165) is 24.4 Å². The van der Waals surface area contributed by atoms with E-state index in [4.69, 9.17) is 0 Å². The number of hydrogen-bond donors (Lipinski definition) is 1. The van der Waals surface area contributed by atoms with Crippen molar-refractivity contribution in [2.45, 2.75) is 32.2 Å². The molecule has 1 aromatic rings. The van der Waals surface area contributed by atoms with Gasteiger partial charge in [-0.25, -0.2) is 0 Å². The van der Waals surface area contributed by atoms with Crippen LogP contribution in [0.3, 0.4) is 0 Å². The molecule has 5 heteroatoms. The van der Waals surface area contributed by atoms with Gasteiger partial charge in [0.15, 0.2) is 0 Å². The van der Waals surface area contributed by atoms with Crippen molar-refractivity contribution in [3.05, 3.63) is 10.6 Å². The van der Waals surface area contributed by atoms with Crippen LogP contribution in [0, 0.1) is 6.92 Å². The van der Waals surface area contributed by atoms with Gasteiger partial charge in [-0.2, -0.15) is 0 Å².